The smallest absolute Gasteiger partial charge is 0.416 e. The summed E-state index contributed by atoms with van der Waals surface area (Å²) in [5.74, 6) is 0.772. The fraction of sp³-hybridized carbons (Fsp3) is 0.238. The number of benzene rings is 2. The van der Waals surface area contributed by atoms with E-state index >= 15 is 0 Å². The Balaban J connectivity index is 1.54. The van der Waals surface area contributed by atoms with Crippen LogP contribution in [0.25, 0.3) is 5.69 Å². The lowest BCUT2D eigenvalue weighted by molar-refractivity contribution is -0.137. The molecule has 0 bridgehead atoms. The number of nitrogens with zero attached hydrogens (tertiary/aromatic N) is 2. The van der Waals surface area contributed by atoms with Crippen LogP contribution in [0.4, 0.5) is 13.2 Å². The lowest BCUT2D eigenvalue weighted by atomic mass is 10.1. The van der Waals surface area contributed by atoms with Crippen molar-refractivity contribution in [2.24, 2.45) is 0 Å². The molecule has 1 amide bonds. The predicted octanol–water partition coefficient (Wildman–Crippen LogP) is 4.42. The zero-order chi connectivity index (χ0) is 21.5. The molecule has 1 atom stereocenters. The molecule has 1 aliphatic heterocycles. The number of hydrogen-bond donors (Lipinski definition) is 1. The number of alkyl halides is 3. The minimum atomic E-state index is -4.44. The number of ether oxygens (including phenoxy) is 2. The van der Waals surface area contributed by atoms with Crippen molar-refractivity contribution in [2.45, 2.75) is 26.1 Å². The third-order valence-corrected chi connectivity index (χ3v) is 4.91. The molecule has 6 nitrogen and oxygen atoms in total. The molecule has 4 rings (SSSR count). The largest absolute Gasteiger partial charge is 0.454 e. The standard InChI is InChI=1S/C21H18F3N3O3/c1-12(26-20(28)14-6-7-18-19(8-14)30-11-29-18)17-10-25-27(13(17)2)16-5-3-4-15(9-16)21(22,23)24/h3-10,12H,11H2,1-2H3,(H,26,28). The van der Waals surface area contributed by atoms with Gasteiger partial charge in [0.05, 0.1) is 23.5 Å². The Morgan fingerprint density at radius 1 is 1.17 bits per heavy atom. The van der Waals surface area contributed by atoms with E-state index in [-0.39, 0.29) is 12.7 Å². The Kier molecular flexibility index (Phi) is 4.89. The summed E-state index contributed by atoms with van der Waals surface area (Å²) in [5, 5.41) is 7.10. The number of fused-ring (bicyclic) bond motifs is 1. The fourth-order valence-corrected chi connectivity index (χ4v) is 3.32. The van der Waals surface area contributed by atoms with Gasteiger partial charge >= 0.3 is 6.18 Å². The van der Waals surface area contributed by atoms with E-state index in [1.165, 1.54) is 10.7 Å². The van der Waals surface area contributed by atoms with Gasteiger partial charge in [0.25, 0.3) is 5.91 Å². The number of carbonyl (C=O) groups excluding carboxylic acids is 1. The molecule has 30 heavy (non-hydrogen) atoms. The SMILES string of the molecule is Cc1c(C(C)NC(=O)c2ccc3c(c2)OCO3)cnn1-c1cccc(C(F)(F)F)c1. The van der Waals surface area contributed by atoms with Crippen LogP contribution in [0.15, 0.2) is 48.7 Å². The van der Waals surface area contributed by atoms with Gasteiger partial charge in [0.1, 0.15) is 0 Å². The van der Waals surface area contributed by atoms with Gasteiger partial charge in [-0.3, -0.25) is 4.79 Å². The number of nitrogens with one attached hydrogen (secondary N) is 1. The van der Waals surface area contributed by atoms with Gasteiger partial charge in [-0.15, -0.1) is 0 Å². The molecule has 1 aliphatic rings. The highest BCUT2D eigenvalue weighted by Gasteiger charge is 2.30. The van der Waals surface area contributed by atoms with Crippen LogP contribution in [0, 0.1) is 6.92 Å². The van der Waals surface area contributed by atoms with Gasteiger partial charge in [-0.1, -0.05) is 6.07 Å². The van der Waals surface area contributed by atoms with Gasteiger partial charge in [0.15, 0.2) is 11.5 Å². The highest BCUT2D eigenvalue weighted by Crippen LogP contribution is 2.33. The summed E-state index contributed by atoms with van der Waals surface area (Å²) in [4.78, 5) is 12.6. The van der Waals surface area contributed by atoms with Gasteiger partial charge in [0, 0.05) is 16.8 Å². The average molecular weight is 417 g/mol. The van der Waals surface area contributed by atoms with Crippen LogP contribution in [0.2, 0.25) is 0 Å². The first kappa shape index (κ1) is 19.8. The van der Waals surface area contributed by atoms with Crippen LogP contribution in [0.3, 0.4) is 0 Å². The number of amides is 1. The maximum absolute atomic E-state index is 13.0. The lowest BCUT2D eigenvalue weighted by Gasteiger charge is -2.15. The zero-order valence-corrected chi connectivity index (χ0v) is 16.2. The van der Waals surface area contributed by atoms with Gasteiger partial charge in [-0.05, 0) is 50.2 Å². The van der Waals surface area contributed by atoms with Crippen molar-refractivity contribution in [3.8, 4) is 17.2 Å². The fourth-order valence-electron chi connectivity index (χ4n) is 3.32. The Bertz CT molecular complexity index is 1110. The van der Waals surface area contributed by atoms with Gasteiger partial charge in [-0.2, -0.15) is 18.3 Å². The summed E-state index contributed by atoms with van der Waals surface area (Å²) < 4.78 is 51.0. The zero-order valence-electron chi connectivity index (χ0n) is 16.2. The van der Waals surface area contributed by atoms with Gasteiger partial charge in [0.2, 0.25) is 6.79 Å². The van der Waals surface area contributed by atoms with Crippen molar-refractivity contribution in [2.75, 3.05) is 6.79 Å². The van der Waals surface area contributed by atoms with E-state index < -0.39 is 17.8 Å². The molecule has 1 unspecified atom stereocenters. The molecule has 9 heteroatoms. The molecule has 0 radical (unpaired) electrons. The first-order valence-electron chi connectivity index (χ1n) is 9.16. The predicted molar refractivity (Wildman–Crippen MR) is 102 cm³/mol. The topological polar surface area (TPSA) is 65.4 Å². The second-order valence-electron chi connectivity index (χ2n) is 6.91. The Morgan fingerprint density at radius 3 is 2.70 bits per heavy atom. The summed E-state index contributed by atoms with van der Waals surface area (Å²) in [7, 11) is 0. The number of aromatic nitrogens is 2. The second-order valence-corrected chi connectivity index (χ2v) is 6.91. The molecule has 3 aromatic rings. The monoisotopic (exact) mass is 417 g/mol. The number of rotatable bonds is 4. The number of carbonyl (C=O) groups is 1. The highest BCUT2D eigenvalue weighted by molar-refractivity contribution is 5.95. The van der Waals surface area contributed by atoms with Gasteiger partial charge in [-0.25, -0.2) is 4.68 Å². The van der Waals surface area contributed by atoms with E-state index in [0.29, 0.717) is 34.0 Å². The minimum absolute atomic E-state index is 0.116. The molecule has 0 aliphatic carbocycles. The molecule has 0 spiro atoms. The highest BCUT2D eigenvalue weighted by atomic mass is 19.4. The molecule has 2 heterocycles. The maximum atomic E-state index is 13.0. The van der Waals surface area contributed by atoms with Crippen LogP contribution in [-0.4, -0.2) is 22.5 Å². The van der Waals surface area contributed by atoms with Crippen molar-refractivity contribution in [3.63, 3.8) is 0 Å². The van der Waals surface area contributed by atoms with Crippen LogP contribution in [-0.2, 0) is 6.18 Å². The van der Waals surface area contributed by atoms with E-state index in [4.69, 9.17) is 9.47 Å². The van der Waals surface area contributed by atoms with Crippen LogP contribution in [0.1, 0.15) is 40.1 Å². The summed E-state index contributed by atoms with van der Waals surface area (Å²) >= 11 is 0. The first-order valence-corrected chi connectivity index (χ1v) is 9.16. The van der Waals surface area contributed by atoms with Crippen LogP contribution < -0.4 is 14.8 Å². The van der Waals surface area contributed by atoms with Crippen molar-refractivity contribution < 1.29 is 27.4 Å². The van der Waals surface area contributed by atoms with Crippen LogP contribution in [0.5, 0.6) is 11.5 Å². The lowest BCUT2D eigenvalue weighted by Crippen LogP contribution is -2.26. The molecule has 156 valence electrons. The van der Waals surface area contributed by atoms with Crippen molar-refractivity contribution in [1.29, 1.82) is 0 Å². The normalized spacial score (nSPS) is 13.9. The second kappa shape index (κ2) is 7.40. The molecule has 0 saturated carbocycles. The quantitative estimate of drug-likeness (QED) is 0.683. The Hall–Kier alpha value is -3.49. The van der Waals surface area contributed by atoms with E-state index in [1.807, 2.05) is 0 Å². The van der Waals surface area contributed by atoms with E-state index in [9.17, 15) is 18.0 Å². The van der Waals surface area contributed by atoms with E-state index in [1.54, 1.807) is 44.3 Å². The number of halogens is 3. The molecular formula is C21H18F3N3O3. The third-order valence-electron chi connectivity index (χ3n) is 4.91. The van der Waals surface area contributed by atoms with E-state index in [2.05, 4.69) is 10.4 Å². The Morgan fingerprint density at radius 2 is 1.93 bits per heavy atom. The first-order chi connectivity index (χ1) is 14.2. The number of hydrogen-bond acceptors (Lipinski definition) is 4. The Labute approximate surface area is 170 Å². The summed E-state index contributed by atoms with van der Waals surface area (Å²) in [5.41, 5.74) is 1.28. The third kappa shape index (κ3) is 3.70. The molecule has 0 fully saturated rings. The molecule has 2 aromatic carbocycles. The molecular weight excluding hydrogens is 399 g/mol. The van der Waals surface area contributed by atoms with Crippen molar-refractivity contribution >= 4 is 5.91 Å². The van der Waals surface area contributed by atoms with Crippen LogP contribution >= 0.6 is 0 Å². The average Bonchev–Trinajstić information content (AvgIpc) is 3.33. The van der Waals surface area contributed by atoms with Crippen molar-refractivity contribution in [1.82, 2.24) is 15.1 Å². The van der Waals surface area contributed by atoms with Crippen molar-refractivity contribution in [3.05, 3.63) is 71.0 Å². The van der Waals surface area contributed by atoms with Gasteiger partial charge < -0.3 is 14.8 Å². The maximum Gasteiger partial charge on any atom is 0.416 e. The summed E-state index contributed by atoms with van der Waals surface area (Å²) in [6.45, 7) is 3.64. The molecule has 1 N–H and O–H groups in total. The minimum Gasteiger partial charge on any atom is -0.454 e. The van der Waals surface area contributed by atoms with E-state index in [0.717, 1.165) is 12.1 Å². The molecule has 1 aromatic heterocycles. The summed E-state index contributed by atoms with van der Waals surface area (Å²) in [6.07, 6.45) is -2.90. The summed E-state index contributed by atoms with van der Waals surface area (Å²) in [6, 6.07) is 9.43. The molecule has 0 saturated heterocycles.